The van der Waals surface area contributed by atoms with Crippen LogP contribution in [0.25, 0.3) is 0 Å². The van der Waals surface area contributed by atoms with Crippen LogP contribution in [0.5, 0.6) is 0 Å². The molecule has 0 unspecified atom stereocenters. The highest BCUT2D eigenvalue weighted by Crippen LogP contribution is 2.25. The normalized spacial score (nSPS) is 16.8. The highest BCUT2D eigenvalue weighted by molar-refractivity contribution is 5.76. The lowest BCUT2D eigenvalue weighted by Gasteiger charge is -2.37. The highest BCUT2D eigenvalue weighted by Gasteiger charge is 2.26. The SMILES string of the molecule is CCC(=O)N(CCCO)C1CCC1. The van der Waals surface area contributed by atoms with Crippen molar-refractivity contribution in [1.82, 2.24) is 4.90 Å². The summed E-state index contributed by atoms with van der Waals surface area (Å²) in [6.45, 7) is 2.81. The highest BCUT2D eigenvalue weighted by atomic mass is 16.3. The molecule has 0 saturated heterocycles. The summed E-state index contributed by atoms with van der Waals surface area (Å²) in [4.78, 5) is 13.4. The van der Waals surface area contributed by atoms with E-state index >= 15 is 0 Å². The van der Waals surface area contributed by atoms with Crippen molar-refractivity contribution in [2.45, 2.75) is 45.1 Å². The second-order valence-electron chi connectivity index (χ2n) is 3.60. The first-order valence-corrected chi connectivity index (χ1v) is 5.20. The van der Waals surface area contributed by atoms with Crippen LogP contribution in [0.15, 0.2) is 0 Å². The molecule has 0 aromatic rings. The van der Waals surface area contributed by atoms with Gasteiger partial charge in [-0.1, -0.05) is 6.92 Å². The zero-order chi connectivity index (χ0) is 9.68. The summed E-state index contributed by atoms with van der Waals surface area (Å²) >= 11 is 0. The number of nitrogens with zero attached hydrogens (tertiary/aromatic N) is 1. The van der Waals surface area contributed by atoms with Crippen molar-refractivity contribution in [2.24, 2.45) is 0 Å². The first-order valence-electron chi connectivity index (χ1n) is 5.20. The Morgan fingerprint density at radius 2 is 2.23 bits per heavy atom. The van der Waals surface area contributed by atoms with E-state index in [9.17, 15) is 4.79 Å². The minimum atomic E-state index is 0.181. The van der Waals surface area contributed by atoms with Crippen LogP contribution in [-0.2, 0) is 4.79 Å². The number of hydrogen-bond acceptors (Lipinski definition) is 2. The largest absolute Gasteiger partial charge is 0.396 e. The summed E-state index contributed by atoms with van der Waals surface area (Å²) in [5.74, 6) is 0.234. The van der Waals surface area contributed by atoms with Gasteiger partial charge in [0.25, 0.3) is 0 Å². The molecule has 0 atom stereocenters. The monoisotopic (exact) mass is 185 g/mol. The van der Waals surface area contributed by atoms with E-state index in [2.05, 4.69) is 0 Å². The second-order valence-corrected chi connectivity index (χ2v) is 3.60. The molecule has 76 valence electrons. The fraction of sp³-hybridized carbons (Fsp3) is 0.900. The minimum Gasteiger partial charge on any atom is -0.396 e. The first-order chi connectivity index (χ1) is 6.29. The fourth-order valence-corrected chi connectivity index (χ4v) is 1.65. The number of hydrogen-bond donors (Lipinski definition) is 1. The van der Waals surface area contributed by atoms with Gasteiger partial charge in [-0.2, -0.15) is 0 Å². The van der Waals surface area contributed by atoms with E-state index < -0.39 is 0 Å². The molecular weight excluding hydrogens is 166 g/mol. The Balaban J connectivity index is 2.37. The molecule has 1 rings (SSSR count). The quantitative estimate of drug-likeness (QED) is 0.698. The molecule has 1 aliphatic rings. The third kappa shape index (κ3) is 2.69. The Morgan fingerprint density at radius 1 is 1.54 bits per heavy atom. The van der Waals surface area contributed by atoms with E-state index in [0.29, 0.717) is 18.9 Å². The molecule has 0 aliphatic heterocycles. The van der Waals surface area contributed by atoms with Gasteiger partial charge in [-0.05, 0) is 25.7 Å². The molecule has 0 aromatic heterocycles. The molecule has 1 N–H and O–H groups in total. The molecule has 3 heteroatoms. The third-order valence-electron chi connectivity index (χ3n) is 2.70. The summed E-state index contributed by atoms with van der Waals surface area (Å²) in [5.41, 5.74) is 0. The molecule has 0 aromatic carbocycles. The van der Waals surface area contributed by atoms with Crippen molar-refractivity contribution in [3.63, 3.8) is 0 Å². The summed E-state index contributed by atoms with van der Waals surface area (Å²) in [6.07, 6.45) is 4.84. The predicted octanol–water partition coefficient (Wildman–Crippen LogP) is 1.16. The van der Waals surface area contributed by atoms with Crippen LogP contribution in [0.4, 0.5) is 0 Å². The summed E-state index contributed by atoms with van der Waals surface area (Å²) in [6, 6.07) is 0.471. The zero-order valence-corrected chi connectivity index (χ0v) is 8.33. The maximum Gasteiger partial charge on any atom is 0.222 e. The molecule has 13 heavy (non-hydrogen) atoms. The summed E-state index contributed by atoms with van der Waals surface area (Å²) in [5, 5.41) is 8.70. The molecule has 0 heterocycles. The van der Waals surface area contributed by atoms with Gasteiger partial charge >= 0.3 is 0 Å². The van der Waals surface area contributed by atoms with Crippen molar-refractivity contribution in [3.05, 3.63) is 0 Å². The molecule has 1 amide bonds. The maximum absolute atomic E-state index is 11.5. The second kappa shape index (κ2) is 5.22. The van der Waals surface area contributed by atoms with Crippen molar-refractivity contribution in [1.29, 1.82) is 0 Å². The number of carbonyl (C=O) groups excluding carboxylic acids is 1. The average molecular weight is 185 g/mol. The van der Waals surface area contributed by atoms with Gasteiger partial charge in [-0.15, -0.1) is 0 Å². The fourth-order valence-electron chi connectivity index (χ4n) is 1.65. The van der Waals surface area contributed by atoms with Gasteiger partial charge in [0.05, 0.1) is 0 Å². The average Bonchev–Trinajstić information content (AvgIpc) is 2.07. The third-order valence-corrected chi connectivity index (χ3v) is 2.70. The van der Waals surface area contributed by atoms with E-state index in [1.165, 1.54) is 6.42 Å². The molecule has 0 radical (unpaired) electrons. The lowest BCUT2D eigenvalue weighted by molar-refractivity contribution is -0.135. The van der Waals surface area contributed by atoms with Crippen LogP contribution in [-0.4, -0.2) is 35.1 Å². The Kier molecular flexibility index (Phi) is 4.22. The van der Waals surface area contributed by atoms with E-state index in [-0.39, 0.29) is 12.5 Å². The van der Waals surface area contributed by atoms with Gasteiger partial charge < -0.3 is 10.0 Å². The van der Waals surface area contributed by atoms with Crippen molar-refractivity contribution >= 4 is 5.91 Å². The molecule has 3 nitrogen and oxygen atoms in total. The zero-order valence-electron chi connectivity index (χ0n) is 8.33. The number of aliphatic hydroxyl groups excluding tert-OH is 1. The molecular formula is C10H19NO2. The van der Waals surface area contributed by atoms with Crippen LogP contribution in [0.3, 0.4) is 0 Å². The molecule has 1 fully saturated rings. The molecule has 1 saturated carbocycles. The molecule has 0 spiro atoms. The first kappa shape index (κ1) is 10.5. The van der Waals surface area contributed by atoms with Gasteiger partial charge in [0.2, 0.25) is 5.91 Å². The lowest BCUT2D eigenvalue weighted by atomic mass is 9.91. The molecule has 1 aliphatic carbocycles. The predicted molar refractivity (Wildman–Crippen MR) is 51.3 cm³/mol. The maximum atomic E-state index is 11.5. The Morgan fingerprint density at radius 3 is 2.62 bits per heavy atom. The summed E-state index contributed by atoms with van der Waals surface area (Å²) in [7, 11) is 0. The van der Waals surface area contributed by atoms with Crippen molar-refractivity contribution in [3.8, 4) is 0 Å². The minimum absolute atomic E-state index is 0.181. The Labute approximate surface area is 79.7 Å². The lowest BCUT2D eigenvalue weighted by Crippen LogP contribution is -2.44. The van der Waals surface area contributed by atoms with Crippen LogP contribution in [0, 0.1) is 0 Å². The topological polar surface area (TPSA) is 40.5 Å². The van der Waals surface area contributed by atoms with Crippen molar-refractivity contribution in [2.75, 3.05) is 13.2 Å². The van der Waals surface area contributed by atoms with E-state index in [4.69, 9.17) is 5.11 Å². The number of amides is 1. The Hall–Kier alpha value is -0.570. The van der Waals surface area contributed by atoms with Crippen molar-refractivity contribution < 1.29 is 9.90 Å². The van der Waals surface area contributed by atoms with E-state index in [1.54, 1.807) is 0 Å². The Bertz CT molecular complexity index is 166. The van der Waals surface area contributed by atoms with Crippen LogP contribution >= 0.6 is 0 Å². The van der Waals surface area contributed by atoms with E-state index in [0.717, 1.165) is 19.4 Å². The molecule has 0 bridgehead atoms. The van der Waals surface area contributed by atoms with Gasteiger partial charge in [0, 0.05) is 25.6 Å². The van der Waals surface area contributed by atoms with Crippen LogP contribution in [0.1, 0.15) is 39.0 Å². The summed E-state index contributed by atoms with van der Waals surface area (Å²) < 4.78 is 0. The van der Waals surface area contributed by atoms with Gasteiger partial charge in [-0.3, -0.25) is 4.79 Å². The standard InChI is InChI=1S/C10H19NO2/c1-2-10(13)11(7-4-8-12)9-5-3-6-9/h9,12H,2-8H2,1H3. The van der Waals surface area contributed by atoms with Gasteiger partial charge in [-0.25, -0.2) is 0 Å². The van der Waals surface area contributed by atoms with E-state index in [1.807, 2.05) is 11.8 Å². The van der Waals surface area contributed by atoms with Gasteiger partial charge in [0.1, 0.15) is 0 Å². The number of carbonyl (C=O) groups is 1. The smallest absolute Gasteiger partial charge is 0.222 e. The number of rotatable bonds is 5. The van der Waals surface area contributed by atoms with Gasteiger partial charge in [0.15, 0.2) is 0 Å². The van der Waals surface area contributed by atoms with Crippen LogP contribution < -0.4 is 0 Å². The van der Waals surface area contributed by atoms with Crippen LogP contribution in [0.2, 0.25) is 0 Å². The number of aliphatic hydroxyl groups is 1.